The van der Waals surface area contributed by atoms with E-state index in [9.17, 15) is 14.4 Å². The van der Waals surface area contributed by atoms with E-state index < -0.39 is 5.91 Å². The van der Waals surface area contributed by atoms with Gasteiger partial charge >= 0.3 is 6.03 Å². The maximum atomic E-state index is 12.3. The lowest BCUT2D eigenvalue weighted by Gasteiger charge is -2.13. The molecule has 0 saturated carbocycles. The molecule has 31 heavy (non-hydrogen) atoms. The zero-order valence-electron chi connectivity index (χ0n) is 17.1. The van der Waals surface area contributed by atoms with Crippen LogP contribution in [0.4, 0.5) is 16.2 Å². The van der Waals surface area contributed by atoms with Crippen molar-refractivity contribution < 1.29 is 14.4 Å². The molecule has 0 spiro atoms. The molecule has 0 bridgehead atoms. The minimum absolute atomic E-state index is 0.224. The lowest BCUT2D eigenvalue weighted by Crippen LogP contribution is -2.30. The number of hydrogen-bond acceptors (Lipinski definition) is 3. The SMILES string of the molecule is Cc1ccc(NC(=O)c2ccccc2)cc1NC(=O)NCCc1cccc(C(N)=O)c1. The monoisotopic (exact) mass is 416 g/mol. The molecule has 3 aromatic rings. The number of rotatable bonds is 7. The number of benzene rings is 3. The molecule has 0 aromatic heterocycles. The molecule has 0 heterocycles. The summed E-state index contributed by atoms with van der Waals surface area (Å²) in [5, 5.41) is 8.42. The van der Waals surface area contributed by atoms with E-state index in [-0.39, 0.29) is 11.9 Å². The van der Waals surface area contributed by atoms with Crippen molar-refractivity contribution in [2.24, 2.45) is 5.73 Å². The number of carbonyl (C=O) groups is 3. The number of amides is 4. The second-order valence-electron chi connectivity index (χ2n) is 7.05. The van der Waals surface area contributed by atoms with E-state index in [1.165, 1.54) is 0 Å². The average molecular weight is 416 g/mol. The van der Waals surface area contributed by atoms with Gasteiger partial charge in [-0.15, -0.1) is 0 Å². The van der Waals surface area contributed by atoms with Gasteiger partial charge in [-0.3, -0.25) is 9.59 Å². The summed E-state index contributed by atoms with van der Waals surface area (Å²) < 4.78 is 0. The molecular weight excluding hydrogens is 392 g/mol. The highest BCUT2D eigenvalue weighted by Crippen LogP contribution is 2.21. The summed E-state index contributed by atoms with van der Waals surface area (Å²) in [6.07, 6.45) is 0.556. The number of primary amides is 1. The number of aryl methyl sites for hydroxylation is 1. The zero-order chi connectivity index (χ0) is 22.2. The Morgan fingerprint density at radius 3 is 2.32 bits per heavy atom. The molecule has 7 nitrogen and oxygen atoms in total. The largest absolute Gasteiger partial charge is 0.366 e. The highest BCUT2D eigenvalue weighted by molar-refractivity contribution is 6.04. The quantitative estimate of drug-likeness (QED) is 0.471. The van der Waals surface area contributed by atoms with Crippen molar-refractivity contribution in [2.75, 3.05) is 17.2 Å². The number of anilines is 2. The van der Waals surface area contributed by atoms with Crippen LogP contribution in [0.25, 0.3) is 0 Å². The minimum Gasteiger partial charge on any atom is -0.366 e. The summed E-state index contributed by atoms with van der Waals surface area (Å²) in [6, 6.07) is 20.9. The molecule has 3 rings (SSSR count). The summed E-state index contributed by atoms with van der Waals surface area (Å²) in [5.41, 5.74) is 9.22. The van der Waals surface area contributed by atoms with Gasteiger partial charge in [-0.1, -0.05) is 36.4 Å². The molecule has 0 aliphatic heterocycles. The molecule has 0 aliphatic rings. The zero-order valence-corrected chi connectivity index (χ0v) is 17.1. The Kier molecular flexibility index (Phi) is 7.01. The third-order valence-corrected chi connectivity index (χ3v) is 4.69. The van der Waals surface area contributed by atoms with E-state index in [0.717, 1.165) is 11.1 Å². The van der Waals surface area contributed by atoms with Gasteiger partial charge in [-0.25, -0.2) is 4.79 Å². The van der Waals surface area contributed by atoms with Crippen LogP contribution in [0.2, 0.25) is 0 Å². The van der Waals surface area contributed by atoms with Crippen molar-refractivity contribution >= 4 is 29.2 Å². The maximum absolute atomic E-state index is 12.3. The Labute approximate surface area is 180 Å². The highest BCUT2D eigenvalue weighted by atomic mass is 16.2. The van der Waals surface area contributed by atoms with Crippen molar-refractivity contribution in [3.63, 3.8) is 0 Å². The number of carbonyl (C=O) groups excluding carboxylic acids is 3. The summed E-state index contributed by atoms with van der Waals surface area (Å²) in [4.78, 5) is 35.9. The van der Waals surface area contributed by atoms with Gasteiger partial charge in [0, 0.05) is 29.0 Å². The van der Waals surface area contributed by atoms with E-state index in [2.05, 4.69) is 16.0 Å². The number of nitrogens with two attached hydrogens (primary N) is 1. The molecule has 0 fully saturated rings. The third-order valence-electron chi connectivity index (χ3n) is 4.69. The predicted octanol–water partition coefficient (Wildman–Crippen LogP) is 3.71. The second kappa shape index (κ2) is 10.1. The summed E-state index contributed by atoms with van der Waals surface area (Å²) in [6.45, 7) is 2.26. The number of nitrogens with one attached hydrogen (secondary N) is 3. The first-order valence-electron chi connectivity index (χ1n) is 9.83. The molecule has 5 N–H and O–H groups in total. The van der Waals surface area contributed by atoms with Crippen molar-refractivity contribution in [2.45, 2.75) is 13.3 Å². The lowest BCUT2D eigenvalue weighted by molar-refractivity contribution is 0.0997. The molecule has 0 radical (unpaired) electrons. The van der Waals surface area contributed by atoms with Gasteiger partial charge in [-0.05, 0) is 60.9 Å². The van der Waals surface area contributed by atoms with Crippen molar-refractivity contribution in [1.82, 2.24) is 5.32 Å². The molecule has 0 atom stereocenters. The van der Waals surface area contributed by atoms with Gasteiger partial charge in [-0.2, -0.15) is 0 Å². The van der Waals surface area contributed by atoms with Crippen LogP contribution in [0, 0.1) is 6.92 Å². The Morgan fingerprint density at radius 2 is 1.58 bits per heavy atom. The van der Waals surface area contributed by atoms with Crippen molar-refractivity contribution in [3.8, 4) is 0 Å². The van der Waals surface area contributed by atoms with Crippen LogP contribution >= 0.6 is 0 Å². The summed E-state index contributed by atoms with van der Waals surface area (Å²) >= 11 is 0. The standard InChI is InChI=1S/C24H24N4O3/c1-16-10-11-20(27-23(30)18-7-3-2-4-8-18)15-21(16)28-24(31)26-13-12-17-6-5-9-19(14-17)22(25)29/h2-11,14-15H,12-13H2,1H3,(H2,25,29)(H,27,30)(H2,26,28,31). The predicted molar refractivity (Wildman–Crippen MR) is 121 cm³/mol. The van der Waals surface area contributed by atoms with Gasteiger partial charge in [0.2, 0.25) is 5.91 Å². The Hall–Kier alpha value is -4.13. The molecule has 0 saturated heterocycles. The number of urea groups is 1. The molecule has 7 heteroatoms. The highest BCUT2D eigenvalue weighted by Gasteiger charge is 2.09. The fourth-order valence-electron chi connectivity index (χ4n) is 2.99. The van der Waals surface area contributed by atoms with E-state index in [1.807, 2.05) is 25.1 Å². The molecule has 158 valence electrons. The van der Waals surface area contributed by atoms with Crippen LogP contribution in [0.15, 0.2) is 72.8 Å². The van der Waals surface area contributed by atoms with Crippen LogP contribution in [-0.4, -0.2) is 24.4 Å². The van der Waals surface area contributed by atoms with Crippen LogP contribution in [0.1, 0.15) is 31.8 Å². The van der Waals surface area contributed by atoms with Crippen LogP contribution in [-0.2, 0) is 6.42 Å². The van der Waals surface area contributed by atoms with Gasteiger partial charge in [0.25, 0.3) is 5.91 Å². The third kappa shape index (κ3) is 6.17. The van der Waals surface area contributed by atoms with Crippen molar-refractivity contribution in [1.29, 1.82) is 0 Å². The number of hydrogen-bond donors (Lipinski definition) is 4. The topological polar surface area (TPSA) is 113 Å². The smallest absolute Gasteiger partial charge is 0.319 e. The average Bonchev–Trinajstić information content (AvgIpc) is 2.77. The van der Waals surface area contributed by atoms with Gasteiger partial charge in [0.15, 0.2) is 0 Å². The van der Waals surface area contributed by atoms with Crippen LogP contribution < -0.4 is 21.7 Å². The van der Waals surface area contributed by atoms with Gasteiger partial charge in [0.05, 0.1) is 0 Å². The first-order chi connectivity index (χ1) is 14.9. The molecular formula is C24H24N4O3. The van der Waals surface area contributed by atoms with Gasteiger partial charge in [0.1, 0.15) is 0 Å². The van der Waals surface area contributed by atoms with E-state index in [1.54, 1.807) is 54.6 Å². The van der Waals surface area contributed by atoms with E-state index >= 15 is 0 Å². The Bertz CT molecular complexity index is 1100. The summed E-state index contributed by atoms with van der Waals surface area (Å²) in [7, 11) is 0. The first kappa shape index (κ1) is 21.6. The van der Waals surface area contributed by atoms with Crippen LogP contribution in [0.5, 0.6) is 0 Å². The molecule has 3 aromatic carbocycles. The summed E-state index contributed by atoms with van der Waals surface area (Å²) in [5.74, 6) is -0.708. The first-order valence-corrected chi connectivity index (χ1v) is 9.83. The Balaban J connectivity index is 1.56. The minimum atomic E-state index is -0.484. The van der Waals surface area contributed by atoms with Crippen LogP contribution in [0.3, 0.4) is 0 Å². The fourth-order valence-corrected chi connectivity index (χ4v) is 2.99. The maximum Gasteiger partial charge on any atom is 0.319 e. The van der Waals surface area contributed by atoms with E-state index in [4.69, 9.17) is 5.73 Å². The Morgan fingerprint density at radius 1 is 0.839 bits per heavy atom. The fraction of sp³-hybridized carbons (Fsp3) is 0.125. The molecule has 4 amide bonds. The molecule has 0 aliphatic carbocycles. The normalized spacial score (nSPS) is 10.2. The second-order valence-corrected chi connectivity index (χ2v) is 7.05. The lowest BCUT2D eigenvalue weighted by atomic mass is 10.1. The van der Waals surface area contributed by atoms with Gasteiger partial charge < -0.3 is 21.7 Å². The van der Waals surface area contributed by atoms with E-state index in [0.29, 0.717) is 35.5 Å². The molecule has 0 unspecified atom stereocenters. The van der Waals surface area contributed by atoms with Crippen molar-refractivity contribution in [3.05, 3.63) is 95.1 Å².